The molecule has 5 fully saturated rings. The van der Waals surface area contributed by atoms with Gasteiger partial charge in [0.2, 0.25) is 5.91 Å². The van der Waals surface area contributed by atoms with E-state index in [-0.39, 0.29) is 47.2 Å². The Kier molecular flexibility index (Phi) is 6.58. The highest BCUT2D eigenvalue weighted by Crippen LogP contribution is 2.60. The molecule has 5 aliphatic rings. The van der Waals surface area contributed by atoms with Gasteiger partial charge in [0.1, 0.15) is 6.54 Å². The van der Waals surface area contributed by atoms with Crippen LogP contribution in [0.5, 0.6) is 0 Å². The molecule has 8 nitrogen and oxygen atoms in total. The van der Waals surface area contributed by atoms with Crippen LogP contribution in [0.25, 0.3) is 0 Å². The average Bonchev–Trinajstić information content (AvgIpc) is 3.06. The van der Waals surface area contributed by atoms with Crippen molar-refractivity contribution in [3.8, 4) is 0 Å². The molecule has 0 aromatic rings. The molecule has 32 heavy (non-hydrogen) atoms. The molecule has 1 atom stereocenters. The first kappa shape index (κ1) is 23.5. The summed E-state index contributed by atoms with van der Waals surface area (Å²) in [5.41, 5.74) is -0.327. The molecule has 1 unspecified atom stereocenters. The first-order chi connectivity index (χ1) is 15.1. The normalized spacial score (nSPS) is 34.5. The molecule has 180 valence electrons. The van der Waals surface area contributed by atoms with E-state index in [0.717, 1.165) is 19.3 Å². The lowest BCUT2D eigenvalue weighted by Gasteiger charge is -2.55. The molecule has 5 rings (SSSR count). The van der Waals surface area contributed by atoms with E-state index >= 15 is 0 Å². The fraction of sp³-hybridized carbons (Fsp3) is 0.870. The molecule has 1 aliphatic heterocycles. The van der Waals surface area contributed by atoms with Gasteiger partial charge in [-0.1, -0.05) is 13.8 Å². The molecular formula is C23H36N2O6S. The van der Waals surface area contributed by atoms with Gasteiger partial charge in [-0.2, -0.15) is 0 Å². The van der Waals surface area contributed by atoms with Crippen molar-refractivity contribution in [2.75, 3.05) is 31.2 Å². The van der Waals surface area contributed by atoms with Crippen LogP contribution in [0.15, 0.2) is 0 Å². The number of sulfone groups is 1. The molecule has 0 aromatic heterocycles. The molecule has 2 amide bonds. The number of nitrogens with zero attached hydrogens (tertiary/aromatic N) is 1. The SMILES string of the molecule is CC(C)CN(C(=O)COC(=O)CNC(=O)C12CC3CC(CC(C3)C1)C2)C1CCS(=O)(=O)C1. The van der Waals surface area contributed by atoms with Crippen molar-refractivity contribution in [3.05, 3.63) is 0 Å². The van der Waals surface area contributed by atoms with E-state index in [1.807, 2.05) is 13.8 Å². The number of hydrogen-bond donors (Lipinski definition) is 1. The van der Waals surface area contributed by atoms with Gasteiger partial charge in [-0.25, -0.2) is 8.42 Å². The zero-order chi connectivity index (χ0) is 23.1. The van der Waals surface area contributed by atoms with Crippen molar-refractivity contribution < 1.29 is 27.5 Å². The van der Waals surface area contributed by atoms with Gasteiger partial charge in [-0.05, 0) is 68.6 Å². The van der Waals surface area contributed by atoms with Gasteiger partial charge in [-0.15, -0.1) is 0 Å². The second-order valence-corrected chi connectivity index (χ2v) is 13.3. The second-order valence-electron chi connectivity index (χ2n) is 11.0. The predicted molar refractivity (Wildman–Crippen MR) is 118 cm³/mol. The monoisotopic (exact) mass is 468 g/mol. The maximum atomic E-state index is 13.0. The second kappa shape index (κ2) is 8.95. The minimum atomic E-state index is -3.13. The number of nitrogens with one attached hydrogen (secondary N) is 1. The number of amides is 2. The topological polar surface area (TPSA) is 110 Å². The lowest BCUT2D eigenvalue weighted by Crippen LogP contribution is -2.54. The van der Waals surface area contributed by atoms with Crippen LogP contribution >= 0.6 is 0 Å². The maximum Gasteiger partial charge on any atom is 0.325 e. The fourth-order valence-corrected chi connectivity index (χ4v) is 8.60. The minimum Gasteiger partial charge on any atom is -0.454 e. The highest BCUT2D eigenvalue weighted by molar-refractivity contribution is 7.91. The van der Waals surface area contributed by atoms with E-state index in [0.29, 0.717) is 30.7 Å². The summed E-state index contributed by atoms with van der Waals surface area (Å²) in [6, 6.07) is -0.371. The Bertz CT molecular complexity index is 832. The first-order valence-corrected chi connectivity index (χ1v) is 13.8. The van der Waals surface area contributed by atoms with Gasteiger partial charge in [-0.3, -0.25) is 14.4 Å². The summed E-state index contributed by atoms with van der Waals surface area (Å²) in [6.07, 6.45) is 6.91. The van der Waals surface area contributed by atoms with Gasteiger partial charge < -0.3 is 15.0 Å². The third-order valence-corrected chi connectivity index (χ3v) is 9.55. The Morgan fingerprint density at radius 2 is 1.66 bits per heavy atom. The molecule has 4 aliphatic carbocycles. The minimum absolute atomic E-state index is 0.0411. The van der Waals surface area contributed by atoms with Crippen molar-refractivity contribution in [2.24, 2.45) is 29.1 Å². The molecule has 0 radical (unpaired) electrons. The van der Waals surface area contributed by atoms with Crippen LogP contribution < -0.4 is 5.32 Å². The number of rotatable bonds is 8. The zero-order valence-corrected chi connectivity index (χ0v) is 20.0. The quantitative estimate of drug-likeness (QED) is 0.541. The molecule has 4 bridgehead atoms. The summed E-state index contributed by atoms with van der Waals surface area (Å²) in [6.45, 7) is 3.65. The van der Waals surface area contributed by atoms with Crippen molar-refractivity contribution in [1.29, 1.82) is 0 Å². The summed E-state index contributed by atoms with van der Waals surface area (Å²) in [7, 11) is -3.13. The van der Waals surface area contributed by atoms with Crippen LogP contribution in [-0.2, 0) is 29.0 Å². The van der Waals surface area contributed by atoms with E-state index in [4.69, 9.17) is 4.74 Å². The van der Waals surface area contributed by atoms with Crippen LogP contribution in [0.4, 0.5) is 0 Å². The average molecular weight is 469 g/mol. The standard InChI is InChI=1S/C23H36N2O6S/c1-15(2)12-25(19-3-4-32(29,30)14-19)20(26)13-31-21(27)11-24-22(28)23-8-16-5-17(9-23)7-18(6-16)10-23/h15-19H,3-14H2,1-2H3,(H,24,28). The Labute approximate surface area is 190 Å². The summed E-state index contributed by atoms with van der Waals surface area (Å²) in [4.78, 5) is 39.5. The summed E-state index contributed by atoms with van der Waals surface area (Å²) < 4.78 is 28.8. The first-order valence-electron chi connectivity index (χ1n) is 12.0. The van der Waals surface area contributed by atoms with Crippen molar-refractivity contribution >= 4 is 27.6 Å². The summed E-state index contributed by atoms with van der Waals surface area (Å²) in [5, 5.41) is 2.77. The molecule has 1 N–H and O–H groups in total. The number of esters is 1. The van der Waals surface area contributed by atoms with Crippen LogP contribution in [0.2, 0.25) is 0 Å². The molecule has 0 spiro atoms. The van der Waals surface area contributed by atoms with Crippen LogP contribution in [0.3, 0.4) is 0 Å². The van der Waals surface area contributed by atoms with Gasteiger partial charge >= 0.3 is 5.97 Å². The molecule has 0 aromatic carbocycles. The van der Waals surface area contributed by atoms with Crippen LogP contribution in [0.1, 0.15) is 58.8 Å². The van der Waals surface area contributed by atoms with Crippen molar-refractivity contribution in [3.63, 3.8) is 0 Å². The molecule has 9 heteroatoms. The van der Waals surface area contributed by atoms with Gasteiger partial charge in [0, 0.05) is 18.0 Å². The lowest BCUT2D eigenvalue weighted by molar-refractivity contribution is -0.155. The number of carbonyl (C=O) groups excluding carboxylic acids is 3. The Morgan fingerprint density at radius 3 is 2.16 bits per heavy atom. The van der Waals surface area contributed by atoms with E-state index in [1.54, 1.807) is 0 Å². The van der Waals surface area contributed by atoms with Gasteiger partial charge in [0.25, 0.3) is 5.91 Å². The zero-order valence-electron chi connectivity index (χ0n) is 19.2. The Balaban J connectivity index is 1.26. The lowest BCUT2D eigenvalue weighted by atomic mass is 9.49. The van der Waals surface area contributed by atoms with Crippen LogP contribution in [0, 0.1) is 29.1 Å². The van der Waals surface area contributed by atoms with E-state index in [9.17, 15) is 22.8 Å². The van der Waals surface area contributed by atoms with Gasteiger partial charge in [0.05, 0.1) is 11.5 Å². The molecular weight excluding hydrogens is 432 g/mol. The van der Waals surface area contributed by atoms with E-state index in [1.165, 1.54) is 24.2 Å². The Hall–Kier alpha value is -1.64. The Morgan fingerprint density at radius 1 is 1.06 bits per heavy atom. The van der Waals surface area contributed by atoms with E-state index in [2.05, 4.69) is 5.32 Å². The molecule has 4 saturated carbocycles. The highest BCUT2D eigenvalue weighted by Gasteiger charge is 2.54. The third-order valence-electron chi connectivity index (χ3n) is 7.80. The third kappa shape index (κ3) is 5.13. The number of hydrogen-bond acceptors (Lipinski definition) is 6. The summed E-state index contributed by atoms with van der Waals surface area (Å²) in [5.74, 6) is 1.06. The predicted octanol–water partition coefficient (Wildman–Crippen LogP) is 1.53. The van der Waals surface area contributed by atoms with Crippen molar-refractivity contribution in [2.45, 2.75) is 64.8 Å². The largest absolute Gasteiger partial charge is 0.454 e. The van der Waals surface area contributed by atoms with Crippen molar-refractivity contribution in [1.82, 2.24) is 10.2 Å². The molecule has 1 heterocycles. The highest BCUT2D eigenvalue weighted by atomic mass is 32.2. The van der Waals surface area contributed by atoms with Crippen LogP contribution in [-0.4, -0.2) is 68.3 Å². The fourth-order valence-electron chi connectivity index (χ4n) is 6.87. The maximum absolute atomic E-state index is 13.0. The molecule has 1 saturated heterocycles. The number of ether oxygens (including phenoxy) is 1. The van der Waals surface area contributed by atoms with Gasteiger partial charge in [0.15, 0.2) is 16.4 Å². The number of carbonyl (C=O) groups is 3. The van der Waals surface area contributed by atoms with E-state index < -0.39 is 22.4 Å². The summed E-state index contributed by atoms with van der Waals surface area (Å²) >= 11 is 0. The smallest absolute Gasteiger partial charge is 0.325 e.